The summed E-state index contributed by atoms with van der Waals surface area (Å²) in [6.07, 6.45) is 1.13. The zero-order valence-corrected chi connectivity index (χ0v) is 13.0. The zero-order valence-electron chi connectivity index (χ0n) is 13.0. The monoisotopic (exact) mass is 243 g/mol. The third-order valence-electron chi connectivity index (χ3n) is 2.65. The minimum Gasteiger partial charge on any atom is -0.381 e. The average molecular weight is 243 g/mol. The maximum Gasteiger partial charge on any atom is 0.0529 e. The number of hydrogen-bond donors (Lipinski definition) is 1. The van der Waals surface area contributed by atoms with E-state index >= 15 is 0 Å². The molecule has 104 valence electrons. The van der Waals surface area contributed by atoms with Crippen LogP contribution in [0.1, 0.15) is 54.9 Å². The Morgan fingerprint density at radius 2 is 1.65 bits per heavy atom. The van der Waals surface area contributed by atoms with Crippen LogP contribution in [0.4, 0.5) is 0 Å². The molecule has 17 heavy (non-hydrogen) atoms. The van der Waals surface area contributed by atoms with Crippen molar-refractivity contribution >= 4 is 0 Å². The molecule has 0 aliphatic heterocycles. The summed E-state index contributed by atoms with van der Waals surface area (Å²) in [6.45, 7) is 19.6. The molecule has 0 aromatic carbocycles. The third-order valence-corrected chi connectivity index (χ3v) is 2.65. The minimum absolute atomic E-state index is 0.229. The van der Waals surface area contributed by atoms with E-state index in [0.717, 1.165) is 32.7 Å². The Balaban J connectivity index is 3.63. The van der Waals surface area contributed by atoms with Crippen molar-refractivity contribution in [1.29, 1.82) is 0 Å². The van der Waals surface area contributed by atoms with Crippen LogP contribution in [-0.2, 0) is 4.74 Å². The second-order valence-electron chi connectivity index (χ2n) is 7.55. The van der Waals surface area contributed by atoms with E-state index < -0.39 is 0 Å². The molecule has 0 rings (SSSR count). The molecular formula is C15H33NO. The lowest BCUT2D eigenvalue weighted by molar-refractivity contribution is 0.0476. The van der Waals surface area contributed by atoms with Gasteiger partial charge in [0, 0.05) is 18.6 Å². The first-order valence-electron chi connectivity index (χ1n) is 6.91. The highest BCUT2D eigenvalue weighted by molar-refractivity contribution is 4.71. The quantitative estimate of drug-likeness (QED) is 0.656. The first-order chi connectivity index (χ1) is 7.62. The lowest BCUT2D eigenvalue weighted by Gasteiger charge is -2.26. The van der Waals surface area contributed by atoms with Crippen LogP contribution in [0.15, 0.2) is 0 Å². The maximum atomic E-state index is 5.79. The van der Waals surface area contributed by atoms with Gasteiger partial charge in [0.25, 0.3) is 0 Å². The zero-order chi connectivity index (χ0) is 13.5. The van der Waals surface area contributed by atoms with Gasteiger partial charge >= 0.3 is 0 Å². The molecule has 0 saturated carbocycles. The molecule has 0 aromatic rings. The molecule has 0 unspecified atom stereocenters. The van der Waals surface area contributed by atoms with Crippen LogP contribution in [0.5, 0.6) is 0 Å². The Morgan fingerprint density at radius 1 is 1.06 bits per heavy atom. The average Bonchev–Trinajstić information content (AvgIpc) is 2.10. The summed E-state index contributed by atoms with van der Waals surface area (Å²) >= 11 is 0. The van der Waals surface area contributed by atoms with Crippen molar-refractivity contribution in [2.75, 3.05) is 26.3 Å². The van der Waals surface area contributed by atoms with Crippen molar-refractivity contribution < 1.29 is 4.74 Å². The Morgan fingerprint density at radius 3 is 2.12 bits per heavy atom. The van der Waals surface area contributed by atoms with Gasteiger partial charge in [0.15, 0.2) is 0 Å². The van der Waals surface area contributed by atoms with Gasteiger partial charge in [0.2, 0.25) is 0 Å². The van der Waals surface area contributed by atoms with Crippen molar-refractivity contribution in [2.45, 2.75) is 54.9 Å². The molecular weight excluding hydrogens is 210 g/mol. The normalized spacial score (nSPS) is 13.4. The molecule has 2 heteroatoms. The maximum absolute atomic E-state index is 5.79. The van der Waals surface area contributed by atoms with E-state index in [1.807, 2.05) is 0 Å². The molecule has 0 aliphatic rings. The molecule has 1 N–H and O–H groups in total. The van der Waals surface area contributed by atoms with Crippen molar-refractivity contribution in [1.82, 2.24) is 5.32 Å². The van der Waals surface area contributed by atoms with E-state index in [4.69, 9.17) is 4.74 Å². The predicted molar refractivity (Wildman–Crippen MR) is 76.4 cm³/mol. The van der Waals surface area contributed by atoms with Crippen LogP contribution >= 0.6 is 0 Å². The van der Waals surface area contributed by atoms with Gasteiger partial charge < -0.3 is 10.1 Å². The van der Waals surface area contributed by atoms with Gasteiger partial charge in [0.1, 0.15) is 0 Å². The predicted octanol–water partition coefficient (Wildman–Crippen LogP) is 3.71. The van der Waals surface area contributed by atoms with Crippen LogP contribution in [-0.4, -0.2) is 26.3 Å². The first kappa shape index (κ1) is 16.9. The van der Waals surface area contributed by atoms with Crippen LogP contribution in [0.3, 0.4) is 0 Å². The Kier molecular flexibility index (Phi) is 7.34. The Bertz CT molecular complexity index is 192. The van der Waals surface area contributed by atoms with E-state index in [0.29, 0.717) is 11.3 Å². The number of ether oxygens (including phenoxy) is 1. The number of rotatable bonds is 8. The van der Waals surface area contributed by atoms with Crippen molar-refractivity contribution in [3.05, 3.63) is 0 Å². The highest BCUT2D eigenvalue weighted by Crippen LogP contribution is 2.19. The lowest BCUT2D eigenvalue weighted by Crippen LogP contribution is -2.35. The van der Waals surface area contributed by atoms with Crippen LogP contribution in [0.25, 0.3) is 0 Å². The molecule has 0 radical (unpaired) electrons. The van der Waals surface area contributed by atoms with Crippen LogP contribution < -0.4 is 5.32 Å². The largest absolute Gasteiger partial charge is 0.381 e. The fourth-order valence-corrected chi connectivity index (χ4v) is 1.48. The van der Waals surface area contributed by atoms with Gasteiger partial charge in [-0.2, -0.15) is 0 Å². The van der Waals surface area contributed by atoms with E-state index in [1.54, 1.807) is 0 Å². The topological polar surface area (TPSA) is 21.3 Å². The highest BCUT2D eigenvalue weighted by atomic mass is 16.5. The fraction of sp³-hybridized carbons (Fsp3) is 1.00. The smallest absolute Gasteiger partial charge is 0.0529 e. The Hall–Kier alpha value is -0.0800. The minimum atomic E-state index is 0.229. The van der Waals surface area contributed by atoms with Gasteiger partial charge in [-0.1, -0.05) is 48.5 Å². The SMILES string of the molecule is CC(C)CNCC(C)(C)COCCC(C)(C)C. The molecule has 0 amide bonds. The summed E-state index contributed by atoms with van der Waals surface area (Å²) in [5.74, 6) is 0.715. The molecule has 2 nitrogen and oxygen atoms in total. The summed E-state index contributed by atoms with van der Waals surface area (Å²) in [6, 6.07) is 0. The third kappa shape index (κ3) is 12.2. The van der Waals surface area contributed by atoms with E-state index in [-0.39, 0.29) is 5.41 Å². The van der Waals surface area contributed by atoms with Crippen molar-refractivity contribution in [3.8, 4) is 0 Å². The first-order valence-corrected chi connectivity index (χ1v) is 6.91. The molecule has 0 fully saturated rings. The number of hydrogen-bond acceptors (Lipinski definition) is 2. The Labute approximate surface area is 109 Å². The lowest BCUT2D eigenvalue weighted by atomic mass is 9.92. The molecule has 0 spiro atoms. The summed E-state index contributed by atoms with van der Waals surface area (Å²) in [7, 11) is 0. The van der Waals surface area contributed by atoms with Gasteiger partial charge in [-0.25, -0.2) is 0 Å². The van der Waals surface area contributed by atoms with Gasteiger partial charge in [-0.15, -0.1) is 0 Å². The molecule has 0 heterocycles. The van der Waals surface area contributed by atoms with Crippen molar-refractivity contribution in [2.24, 2.45) is 16.7 Å². The second-order valence-corrected chi connectivity index (χ2v) is 7.55. The molecule has 0 atom stereocenters. The van der Waals surface area contributed by atoms with Crippen molar-refractivity contribution in [3.63, 3.8) is 0 Å². The van der Waals surface area contributed by atoms with E-state index in [9.17, 15) is 0 Å². The molecule has 0 saturated heterocycles. The molecule has 0 bridgehead atoms. The van der Waals surface area contributed by atoms with E-state index in [2.05, 4.69) is 53.8 Å². The second kappa shape index (κ2) is 7.38. The van der Waals surface area contributed by atoms with Gasteiger partial charge in [-0.3, -0.25) is 0 Å². The number of nitrogens with one attached hydrogen (secondary N) is 1. The summed E-state index contributed by atoms with van der Waals surface area (Å²) in [5.41, 5.74) is 0.604. The summed E-state index contributed by atoms with van der Waals surface area (Å²) in [4.78, 5) is 0. The summed E-state index contributed by atoms with van der Waals surface area (Å²) in [5, 5.41) is 3.50. The molecule has 0 aromatic heterocycles. The van der Waals surface area contributed by atoms with Crippen LogP contribution in [0, 0.1) is 16.7 Å². The van der Waals surface area contributed by atoms with Gasteiger partial charge in [0.05, 0.1) is 6.61 Å². The van der Waals surface area contributed by atoms with E-state index in [1.165, 1.54) is 0 Å². The standard InChI is InChI=1S/C15H33NO/c1-13(2)10-16-11-15(6,7)12-17-9-8-14(3,4)5/h13,16H,8-12H2,1-7H3. The van der Waals surface area contributed by atoms with Crippen LogP contribution in [0.2, 0.25) is 0 Å². The highest BCUT2D eigenvalue weighted by Gasteiger charge is 2.18. The fourth-order valence-electron chi connectivity index (χ4n) is 1.48. The van der Waals surface area contributed by atoms with Gasteiger partial charge in [-0.05, 0) is 24.3 Å². The molecule has 0 aliphatic carbocycles. The summed E-state index contributed by atoms with van der Waals surface area (Å²) < 4.78 is 5.79.